The molecule has 4 aromatic heterocycles. The minimum absolute atomic E-state index is 0.00466. The van der Waals surface area contributed by atoms with Crippen molar-refractivity contribution in [3.8, 4) is 22.3 Å². The predicted octanol–water partition coefficient (Wildman–Crippen LogP) is 33.2. The maximum atomic E-state index is 12.7. The molecule has 23 heteroatoms. The molecule has 1 fully saturated rings. The van der Waals surface area contributed by atoms with E-state index >= 15 is 0 Å². The largest absolute Gasteiger partial charge is 0.489 e. The summed E-state index contributed by atoms with van der Waals surface area (Å²) in [6.45, 7) is 75.8. The number of likely N-dealkylation sites (tertiary alicyclic amines) is 1. The van der Waals surface area contributed by atoms with Crippen molar-refractivity contribution in [1.29, 1.82) is 0 Å². The zero-order valence-corrected chi connectivity index (χ0v) is 94.2. The monoisotopic (exact) mass is 2000 g/mol. The van der Waals surface area contributed by atoms with E-state index in [-0.39, 0.29) is 97.2 Å². The van der Waals surface area contributed by atoms with Gasteiger partial charge in [-0.2, -0.15) is 13.2 Å². The first-order valence-corrected chi connectivity index (χ1v) is 53.4. The third kappa shape index (κ3) is 41.1. The first-order valence-electron chi connectivity index (χ1n) is 48.5. The second-order valence-electron chi connectivity index (χ2n) is 47.8. The fourth-order valence-electron chi connectivity index (χ4n) is 13.8. The zero-order chi connectivity index (χ0) is 105. The molecule has 1 N–H and O–H groups in total. The second kappa shape index (κ2) is 49.8. The number of aromatic nitrogens is 3. The Morgan fingerprint density at radius 3 is 1.68 bits per heavy atom. The number of oxime groups is 1. The van der Waals surface area contributed by atoms with Crippen LogP contribution in [0.3, 0.4) is 0 Å². The van der Waals surface area contributed by atoms with Crippen LogP contribution in [-0.4, -0.2) is 76.5 Å². The van der Waals surface area contributed by atoms with Crippen molar-refractivity contribution in [2.24, 2.45) is 54.5 Å². The van der Waals surface area contributed by atoms with Crippen molar-refractivity contribution in [3.63, 3.8) is 0 Å². The number of anilines is 1. The molecule has 1 saturated heterocycles. The van der Waals surface area contributed by atoms with E-state index < -0.39 is 21.6 Å². The fraction of sp³-hybridized carbons (Fsp3) is 0.526. The lowest BCUT2D eigenvalue weighted by Gasteiger charge is -2.28. The van der Waals surface area contributed by atoms with E-state index in [1.54, 1.807) is 46.0 Å². The van der Waals surface area contributed by atoms with E-state index in [1.165, 1.54) is 68.7 Å². The number of para-hydroxylation sites is 1. The molecular formula is C116H163ClF3N7O8S4. The van der Waals surface area contributed by atoms with Crippen LogP contribution in [0, 0.1) is 58.2 Å². The van der Waals surface area contributed by atoms with E-state index in [1.807, 2.05) is 98.9 Å². The Balaban J connectivity index is 0.000000241. The highest BCUT2D eigenvalue weighted by Gasteiger charge is 2.39. The van der Waals surface area contributed by atoms with Crippen LogP contribution < -0.4 is 14.8 Å². The number of alkyl halides is 3. The number of aryl methyl sites for hydroxylation is 2. The summed E-state index contributed by atoms with van der Waals surface area (Å²) in [7, 11) is -3.12. The van der Waals surface area contributed by atoms with E-state index in [4.69, 9.17) is 35.3 Å². The van der Waals surface area contributed by atoms with Gasteiger partial charge in [0.1, 0.15) is 23.7 Å². The summed E-state index contributed by atoms with van der Waals surface area (Å²) in [5, 5.41) is 16.9. The molecule has 139 heavy (non-hydrogen) atoms. The van der Waals surface area contributed by atoms with E-state index in [2.05, 4.69) is 324 Å². The van der Waals surface area contributed by atoms with Crippen LogP contribution in [0.25, 0.3) is 10.8 Å². The normalized spacial score (nSPS) is 16.4. The topological polar surface area (TPSA) is 188 Å². The molecule has 0 aliphatic carbocycles. The van der Waals surface area contributed by atoms with Crippen molar-refractivity contribution in [3.05, 3.63) is 264 Å². The van der Waals surface area contributed by atoms with Crippen LogP contribution in [0.5, 0.6) is 11.5 Å². The van der Waals surface area contributed by atoms with Gasteiger partial charge in [0.15, 0.2) is 31.8 Å². The van der Waals surface area contributed by atoms with Gasteiger partial charge in [-0.3, -0.25) is 14.6 Å². The highest BCUT2D eigenvalue weighted by Crippen LogP contribution is 2.42. The SMILES string of the molecule is CC(C)(C)C1=NOC(c2ccccc2)C1.CC(C)(C)C1CC(=O)N(Cc2cccc(C(F)(F)F)c2)C1.CC(C)(C)CCC1=NC(c2ccccc2)C=C1.CC(C)(C)c1csc(-c2ccco2)n1.CC(C)(C)c1csc(C(C)(C)C)n1.CC(C)C(=O)Nc1nc(CC(C)(C)C)cs1.CC(Oc1ccccc1Cl)C(C)(C)C.Cc1ccc(C(C)(C)C)cc1S(C)(=O)=O.Cc1ccc2c(c1)CC(C(C)(C)C)O2. The smallest absolute Gasteiger partial charge is 0.416 e. The lowest BCUT2D eigenvalue weighted by Crippen LogP contribution is -2.30. The second-order valence-corrected chi connectivity index (χ2v) is 52.8. The van der Waals surface area contributed by atoms with Crippen LogP contribution in [0.4, 0.5) is 18.3 Å². The highest BCUT2D eigenvalue weighted by molar-refractivity contribution is 7.90. The Bertz CT molecular complexity index is 5700. The number of benzene rings is 6. The quantitative estimate of drug-likeness (QED) is 0.116. The van der Waals surface area contributed by atoms with Crippen LogP contribution in [0.15, 0.2) is 212 Å². The summed E-state index contributed by atoms with van der Waals surface area (Å²) in [5.41, 5.74) is 14.2. The number of amides is 2. The Kier molecular flexibility index (Phi) is 42.5. The third-order valence-electron chi connectivity index (χ3n) is 23.4. The molecule has 6 aromatic carbocycles. The molecule has 4 aliphatic rings. The molecule has 0 saturated carbocycles. The van der Waals surface area contributed by atoms with E-state index in [0.717, 1.165) is 88.3 Å². The van der Waals surface area contributed by atoms with Gasteiger partial charge in [-0.25, -0.2) is 23.4 Å². The fourth-order valence-corrected chi connectivity index (χ4v) is 17.8. The van der Waals surface area contributed by atoms with Crippen LogP contribution in [-0.2, 0) is 71.5 Å². The first kappa shape index (κ1) is 119. The third-order valence-corrected chi connectivity index (χ3v) is 27.9. The molecule has 4 aliphatic heterocycles. The van der Waals surface area contributed by atoms with Crippen molar-refractivity contribution in [1.82, 2.24) is 19.9 Å². The number of thiazole rings is 3. The van der Waals surface area contributed by atoms with Gasteiger partial charge in [-0.15, -0.1) is 34.0 Å². The molecule has 15 nitrogen and oxygen atoms in total. The van der Waals surface area contributed by atoms with Gasteiger partial charge in [0.25, 0.3) is 0 Å². The van der Waals surface area contributed by atoms with Gasteiger partial charge < -0.3 is 28.9 Å². The van der Waals surface area contributed by atoms with Gasteiger partial charge in [-0.05, 0) is 166 Å². The van der Waals surface area contributed by atoms with Gasteiger partial charge in [0, 0.05) is 88.0 Å². The number of carbonyl (C=O) groups is 2. The Labute approximate surface area is 850 Å². The summed E-state index contributed by atoms with van der Waals surface area (Å²) in [6.07, 6.45) is 9.20. The summed E-state index contributed by atoms with van der Waals surface area (Å²) >= 11 is 10.9. The average Bonchev–Trinajstić information content (AvgIpc) is 1.41. The van der Waals surface area contributed by atoms with Crippen molar-refractivity contribution in [2.75, 3.05) is 18.1 Å². The lowest BCUT2D eigenvalue weighted by molar-refractivity contribution is -0.137. The molecule has 0 radical (unpaired) electrons. The lowest BCUT2D eigenvalue weighted by atomic mass is 9.80. The van der Waals surface area contributed by atoms with Crippen LogP contribution in [0.2, 0.25) is 5.02 Å². The summed E-state index contributed by atoms with van der Waals surface area (Å²) in [4.78, 5) is 49.4. The van der Waals surface area contributed by atoms with E-state index in [0.29, 0.717) is 45.1 Å². The van der Waals surface area contributed by atoms with Gasteiger partial charge in [0.2, 0.25) is 11.8 Å². The molecule has 10 aromatic rings. The maximum Gasteiger partial charge on any atom is 0.416 e. The van der Waals surface area contributed by atoms with Gasteiger partial charge >= 0.3 is 6.18 Å². The minimum Gasteiger partial charge on any atom is -0.489 e. The number of carbonyl (C=O) groups excluding carboxylic acids is 2. The molecule has 5 unspecified atom stereocenters. The number of nitrogens with zero attached hydrogens (tertiary/aromatic N) is 6. The van der Waals surface area contributed by atoms with Crippen LogP contribution >= 0.6 is 45.6 Å². The number of furan rings is 1. The van der Waals surface area contributed by atoms with Crippen LogP contribution in [0.1, 0.15) is 333 Å². The highest BCUT2D eigenvalue weighted by atomic mass is 35.5. The number of fused-ring (bicyclic) bond motifs is 1. The number of hydrogen-bond donors (Lipinski definition) is 1. The van der Waals surface area contributed by atoms with Crippen molar-refractivity contribution < 1.29 is 49.9 Å². The molecular weight excluding hydrogens is 1840 g/mol. The molecule has 0 bridgehead atoms. The number of hydrogen-bond acceptors (Lipinski definition) is 16. The zero-order valence-electron chi connectivity index (χ0n) is 90.2. The standard InChI is InChI=1S/C16H20F3NO.C16H21N.C13H17NO.C13H18O.C12H17ClO.C12H20N2OS.C12H18O2S.C11H13NOS.C11H19NS/c1-15(2,3)13-8-14(21)20(10-13)9-11-5-4-6-12(7-11)16(17,18)19;1-16(2,3)12-11-14-9-10-15(17-14)13-7-5-4-6-8-13;1-13(2,3)12-9-11(15-14-12)10-7-5-4-6-8-10;1-9-5-6-11-10(7-9)8-12(14-11)13(2,3)4;1-9(12(2,3)4)14-11-8-6-5-7-10(11)13;1-8(2)10(15)14-11-13-9(7-16-11)6-12(3,4)5;1-9-6-7-10(12(2,3)4)8-11(9)15(5,13)14;1-11(2,3)9-7-14-10(12-9)8-5-4-6-13-8;1-10(2,3)8-7-13-9(12-8)11(4,5)6/h4-7,13H,8-10H2,1-3H3;4-10,15H,11-12H2,1-3H3;4-8,11H,9H2,1-3H3;5-7,12H,8H2,1-4H3;5-9H,1-4H3;7-8H,6H2,1-5H3,(H,13,14,15);6-8H,1-5H3;4-7H,1-3H3;7H,1-6H3. The summed E-state index contributed by atoms with van der Waals surface area (Å²) < 4.78 is 78.2. The Hall–Kier alpha value is -9.06. The maximum absolute atomic E-state index is 12.7. The van der Waals surface area contributed by atoms with Gasteiger partial charge in [0.05, 0.1) is 55.6 Å². The Morgan fingerprint density at radius 1 is 0.597 bits per heavy atom. The molecule has 0 spiro atoms. The number of halogens is 4. The summed E-state index contributed by atoms with van der Waals surface area (Å²) in [6, 6.07) is 49.7. The van der Waals surface area contributed by atoms with Gasteiger partial charge in [-0.1, -0.05) is 359 Å². The predicted molar refractivity (Wildman–Crippen MR) is 580 cm³/mol. The Morgan fingerprint density at radius 2 is 1.19 bits per heavy atom. The van der Waals surface area contributed by atoms with Crippen molar-refractivity contribution in [2.45, 2.75) is 344 Å². The minimum atomic E-state index is -4.35. The van der Waals surface area contributed by atoms with Crippen molar-refractivity contribution >= 4 is 83.8 Å². The molecule has 14 rings (SSSR count). The molecule has 2 amide bonds. The van der Waals surface area contributed by atoms with E-state index in [9.17, 15) is 31.2 Å². The first-order chi connectivity index (χ1) is 63.7. The number of allylic oxidation sites excluding steroid dienone is 1. The average molecular weight is 2000 g/mol. The number of sulfone groups is 1. The molecule has 8 heterocycles. The summed E-state index contributed by atoms with van der Waals surface area (Å²) in [5.74, 6) is 2.98. The molecule has 5 atom stereocenters. The molecule has 762 valence electrons. The number of aliphatic imine (C=N–C) groups is 1. The number of ether oxygens (including phenoxy) is 2. The number of rotatable bonds is 13. The number of nitrogens with one attached hydrogen (secondary N) is 1.